The summed E-state index contributed by atoms with van der Waals surface area (Å²) in [5, 5.41) is 5.52. The molecule has 1 saturated carbocycles. The fourth-order valence-electron chi connectivity index (χ4n) is 2.88. The fraction of sp³-hybridized carbons (Fsp3) is 0.500. The number of rotatable bonds is 5. The summed E-state index contributed by atoms with van der Waals surface area (Å²) in [6.45, 7) is 5.64. The maximum absolute atomic E-state index is 12.8. The van der Waals surface area contributed by atoms with Crippen LogP contribution in [0.2, 0.25) is 0 Å². The van der Waals surface area contributed by atoms with E-state index in [4.69, 9.17) is 0 Å². The monoisotopic (exact) mass is 329 g/mol. The van der Waals surface area contributed by atoms with Gasteiger partial charge in [-0.3, -0.25) is 14.5 Å². The zero-order chi connectivity index (χ0) is 17.5. The second-order valence-corrected chi connectivity index (χ2v) is 7.06. The summed E-state index contributed by atoms with van der Waals surface area (Å²) in [5.41, 5.74) is 0.752. The van der Waals surface area contributed by atoms with Gasteiger partial charge in [0.05, 0.1) is 0 Å². The van der Waals surface area contributed by atoms with Gasteiger partial charge in [0.25, 0.3) is 5.91 Å². The molecule has 1 aromatic carbocycles. The van der Waals surface area contributed by atoms with Crippen molar-refractivity contribution >= 4 is 17.8 Å². The highest BCUT2D eigenvalue weighted by Crippen LogP contribution is 2.30. The number of amides is 4. The third-order valence-corrected chi connectivity index (χ3v) is 4.67. The van der Waals surface area contributed by atoms with E-state index in [-0.39, 0.29) is 18.5 Å². The summed E-state index contributed by atoms with van der Waals surface area (Å²) in [4.78, 5) is 37.9. The van der Waals surface area contributed by atoms with Crippen LogP contribution in [0, 0.1) is 0 Å². The molecule has 6 nitrogen and oxygen atoms in total. The zero-order valence-electron chi connectivity index (χ0n) is 14.3. The fourth-order valence-corrected chi connectivity index (χ4v) is 2.88. The van der Waals surface area contributed by atoms with Gasteiger partial charge >= 0.3 is 6.03 Å². The SMILES string of the molecule is CC(C)c1ccc(C2(C)NC(=O)N(CC(=O)NC3CC3)C2=O)cc1. The molecule has 1 atom stereocenters. The van der Waals surface area contributed by atoms with Crippen molar-refractivity contribution in [2.75, 3.05) is 6.54 Å². The first-order valence-corrected chi connectivity index (χ1v) is 8.35. The second-order valence-electron chi connectivity index (χ2n) is 7.06. The lowest BCUT2D eigenvalue weighted by molar-refractivity contribution is -0.134. The van der Waals surface area contributed by atoms with Gasteiger partial charge in [0.2, 0.25) is 5.91 Å². The molecule has 6 heteroatoms. The number of hydrogen-bond acceptors (Lipinski definition) is 3. The first-order valence-electron chi connectivity index (χ1n) is 8.35. The summed E-state index contributed by atoms with van der Waals surface area (Å²) >= 11 is 0. The van der Waals surface area contributed by atoms with Gasteiger partial charge in [0.15, 0.2) is 0 Å². The van der Waals surface area contributed by atoms with E-state index in [2.05, 4.69) is 24.5 Å². The van der Waals surface area contributed by atoms with E-state index >= 15 is 0 Å². The van der Waals surface area contributed by atoms with Crippen LogP contribution in [0.4, 0.5) is 4.79 Å². The van der Waals surface area contributed by atoms with Crippen molar-refractivity contribution < 1.29 is 14.4 Å². The molecule has 1 aliphatic heterocycles. The minimum atomic E-state index is -1.13. The van der Waals surface area contributed by atoms with Gasteiger partial charge in [-0.2, -0.15) is 0 Å². The summed E-state index contributed by atoms with van der Waals surface area (Å²) in [6, 6.07) is 7.33. The average molecular weight is 329 g/mol. The maximum atomic E-state index is 12.8. The highest BCUT2D eigenvalue weighted by atomic mass is 16.2. The van der Waals surface area contributed by atoms with E-state index in [9.17, 15) is 14.4 Å². The van der Waals surface area contributed by atoms with Crippen molar-refractivity contribution in [1.29, 1.82) is 0 Å². The van der Waals surface area contributed by atoms with Crippen LogP contribution in [-0.2, 0) is 15.1 Å². The van der Waals surface area contributed by atoms with Crippen LogP contribution >= 0.6 is 0 Å². The van der Waals surface area contributed by atoms with Crippen LogP contribution in [0.25, 0.3) is 0 Å². The minimum absolute atomic E-state index is 0.202. The molecular formula is C18H23N3O3. The van der Waals surface area contributed by atoms with Crippen molar-refractivity contribution in [2.45, 2.75) is 51.1 Å². The molecule has 1 unspecified atom stereocenters. The van der Waals surface area contributed by atoms with Gasteiger partial charge in [-0.25, -0.2) is 4.79 Å². The lowest BCUT2D eigenvalue weighted by Crippen LogP contribution is -2.43. The quantitative estimate of drug-likeness (QED) is 0.809. The van der Waals surface area contributed by atoms with Gasteiger partial charge < -0.3 is 10.6 Å². The number of hydrogen-bond donors (Lipinski definition) is 2. The third kappa shape index (κ3) is 3.00. The Labute approximate surface area is 141 Å². The molecule has 128 valence electrons. The maximum Gasteiger partial charge on any atom is 0.325 e. The lowest BCUT2D eigenvalue weighted by Gasteiger charge is -2.22. The standard InChI is InChI=1S/C18H23N3O3/c1-11(2)12-4-6-13(7-5-12)18(3)16(23)21(17(24)20-18)10-15(22)19-14-8-9-14/h4-7,11,14H,8-10H2,1-3H3,(H,19,22)(H,20,24). The normalized spacial score (nSPS) is 23.6. The molecule has 3 rings (SSSR count). The Morgan fingerprint density at radius 1 is 1.29 bits per heavy atom. The average Bonchev–Trinajstić information content (AvgIpc) is 3.32. The van der Waals surface area contributed by atoms with Crippen LogP contribution in [0.5, 0.6) is 0 Å². The highest BCUT2D eigenvalue weighted by Gasteiger charge is 2.49. The van der Waals surface area contributed by atoms with Gasteiger partial charge in [-0.05, 0) is 36.8 Å². The van der Waals surface area contributed by atoms with E-state index in [0.717, 1.165) is 23.3 Å². The molecule has 0 bridgehead atoms. The molecule has 1 aliphatic carbocycles. The number of urea groups is 1. The van der Waals surface area contributed by atoms with Gasteiger partial charge in [0.1, 0.15) is 12.1 Å². The zero-order valence-corrected chi connectivity index (χ0v) is 14.3. The van der Waals surface area contributed by atoms with Crippen molar-refractivity contribution in [3.05, 3.63) is 35.4 Å². The molecule has 24 heavy (non-hydrogen) atoms. The Morgan fingerprint density at radius 2 is 1.92 bits per heavy atom. The molecule has 2 aliphatic rings. The molecule has 1 aromatic rings. The number of carbonyl (C=O) groups excluding carboxylic acids is 3. The van der Waals surface area contributed by atoms with Crippen LogP contribution in [0.15, 0.2) is 24.3 Å². The van der Waals surface area contributed by atoms with Crippen molar-refractivity contribution in [1.82, 2.24) is 15.5 Å². The summed E-state index contributed by atoms with van der Waals surface area (Å²) < 4.78 is 0. The number of carbonyl (C=O) groups is 3. The molecule has 2 N–H and O–H groups in total. The molecule has 1 heterocycles. The highest BCUT2D eigenvalue weighted by molar-refractivity contribution is 6.09. The molecule has 0 aromatic heterocycles. The predicted molar refractivity (Wildman–Crippen MR) is 89.3 cm³/mol. The van der Waals surface area contributed by atoms with Crippen molar-refractivity contribution in [3.63, 3.8) is 0 Å². The first kappa shape index (κ1) is 16.5. The Kier molecular flexibility index (Phi) is 4.07. The van der Waals surface area contributed by atoms with Crippen LogP contribution in [-0.4, -0.2) is 35.3 Å². The molecule has 0 radical (unpaired) electrons. The number of nitrogens with one attached hydrogen (secondary N) is 2. The lowest BCUT2D eigenvalue weighted by atomic mass is 9.90. The Hall–Kier alpha value is -2.37. The van der Waals surface area contributed by atoms with Crippen LogP contribution in [0.3, 0.4) is 0 Å². The Bertz CT molecular complexity index is 679. The molecule has 2 fully saturated rings. The van der Waals surface area contributed by atoms with E-state index in [1.807, 2.05) is 24.3 Å². The number of nitrogens with zero attached hydrogens (tertiary/aromatic N) is 1. The molecule has 1 saturated heterocycles. The van der Waals surface area contributed by atoms with Crippen molar-refractivity contribution in [2.24, 2.45) is 0 Å². The second kappa shape index (κ2) is 5.92. The smallest absolute Gasteiger partial charge is 0.325 e. The summed E-state index contributed by atoms with van der Waals surface area (Å²) in [5.74, 6) is -0.292. The van der Waals surface area contributed by atoms with Gasteiger partial charge in [-0.15, -0.1) is 0 Å². The van der Waals surface area contributed by atoms with Crippen LogP contribution < -0.4 is 10.6 Å². The van der Waals surface area contributed by atoms with Crippen LogP contribution in [0.1, 0.15) is 50.7 Å². The van der Waals surface area contributed by atoms with E-state index in [1.54, 1.807) is 6.92 Å². The van der Waals surface area contributed by atoms with Gasteiger partial charge in [-0.1, -0.05) is 38.1 Å². The summed E-state index contributed by atoms with van der Waals surface area (Å²) in [7, 11) is 0. The minimum Gasteiger partial charge on any atom is -0.352 e. The Balaban J connectivity index is 1.76. The van der Waals surface area contributed by atoms with E-state index < -0.39 is 17.5 Å². The molecular weight excluding hydrogens is 306 g/mol. The third-order valence-electron chi connectivity index (χ3n) is 4.67. The summed E-state index contributed by atoms with van der Waals surface area (Å²) in [6.07, 6.45) is 1.93. The topological polar surface area (TPSA) is 78.5 Å². The largest absolute Gasteiger partial charge is 0.352 e. The predicted octanol–water partition coefficient (Wildman–Crippen LogP) is 1.86. The Morgan fingerprint density at radius 3 is 2.46 bits per heavy atom. The van der Waals surface area contributed by atoms with E-state index in [0.29, 0.717) is 5.92 Å². The molecule has 4 amide bonds. The molecule has 0 spiro atoms. The first-order chi connectivity index (χ1) is 11.3. The van der Waals surface area contributed by atoms with E-state index in [1.165, 1.54) is 5.56 Å². The van der Waals surface area contributed by atoms with Gasteiger partial charge in [0, 0.05) is 6.04 Å². The number of benzene rings is 1. The van der Waals surface area contributed by atoms with Crippen molar-refractivity contribution in [3.8, 4) is 0 Å². The number of imide groups is 1.